The fourth-order valence-corrected chi connectivity index (χ4v) is 4.11. The number of ether oxygens (including phenoxy) is 3. The molecule has 0 amide bonds. The molecule has 1 aromatic heterocycles. The standard InChI is InChI=1S/C25H25NO8/c1-14-9-20(29)24(25(31)26(14)8-7-15-3-5-18(27)19(28)10-15)17(12-23(30)32-2)16-4-6-21-22(11-16)34-13-33-21/h3-6,9-11,17,27-29H,7-8,12-13H2,1-2H3/t17-/m1/s1. The minimum atomic E-state index is -0.779. The molecular formula is C25H25NO8. The summed E-state index contributed by atoms with van der Waals surface area (Å²) in [5, 5.41) is 30.0. The van der Waals surface area contributed by atoms with Gasteiger partial charge in [0.1, 0.15) is 5.75 Å². The molecule has 0 bridgehead atoms. The first-order valence-corrected chi connectivity index (χ1v) is 10.7. The third kappa shape index (κ3) is 4.50. The van der Waals surface area contributed by atoms with Crippen LogP contribution in [-0.4, -0.2) is 39.8 Å². The molecule has 4 rings (SSSR count). The van der Waals surface area contributed by atoms with Gasteiger partial charge in [0.05, 0.1) is 19.1 Å². The summed E-state index contributed by atoms with van der Waals surface area (Å²) >= 11 is 0. The van der Waals surface area contributed by atoms with E-state index in [9.17, 15) is 24.9 Å². The molecule has 2 aromatic carbocycles. The number of methoxy groups -OCH3 is 1. The number of esters is 1. The van der Waals surface area contributed by atoms with Crippen molar-refractivity contribution < 1.29 is 34.3 Å². The maximum absolute atomic E-state index is 13.6. The molecule has 0 fully saturated rings. The average Bonchev–Trinajstić information content (AvgIpc) is 3.28. The number of aryl methyl sites for hydroxylation is 2. The Kier molecular flexibility index (Phi) is 6.36. The molecule has 2 heterocycles. The number of phenols is 2. The third-order valence-corrected chi connectivity index (χ3v) is 5.93. The van der Waals surface area contributed by atoms with E-state index in [1.807, 2.05) is 0 Å². The van der Waals surface area contributed by atoms with Gasteiger partial charge < -0.3 is 34.1 Å². The Bertz CT molecular complexity index is 1300. The molecule has 34 heavy (non-hydrogen) atoms. The van der Waals surface area contributed by atoms with Crippen LogP contribution in [0.3, 0.4) is 0 Å². The van der Waals surface area contributed by atoms with E-state index in [2.05, 4.69) is 0 Å². The van der Waals surface area contributed by atoms with Crippen molar-refractivity contribution in [3.63, 3.8) is 0 Å². The summed E-state index contributed by atoms with van der Waals surface area (Å²) in [6.07, 6.45) is 0.234. The van der Waals surface area contributed by atoms with Crippen LogP contribution in [0.4, 0.5) is 0 Å². The van der Waals surface area contributed by atoms with Gasteiger partial charge in [-0.3, -0.25) is 9.59 Å². The van der Waals surface area contributed by atoms with Gasteiger partial charge in [-0.15, -0.1) is 0 Å². The molecule has 0 radical (unpaired) electrons. The molecule has 1 aliphatic heterocycles. The number of aromatic hydroxyl groups is 3. The lowest BCUT2D eigenvalue weighted by Gasteiger charge is -2.21. The van der Waals surface area contributed by atoms with Crippen LogP contribution in [-0.2, 0) is 22.5 Å². The molecule has 3 N–H and O–H groups in total. The Hall–Kier alpha value is -4.14. The van der Waals surface area contributed by atoms with E-state index in [1.165, 1.54) is 29.9 Å². The first kappa shape index (κ1) is 23.0. The zero-order valence-corrected chi connectivity index (χ0v) is 18.8. The van der Waals surface area contributed by atoms with Crippen molar-refractivity contribution in [3.8, 4) is 28.7 Å². The van der Waals surface area contributed by atoms with Crippen LogP contribution in [0.15, 0.2) is 47.3 Å². The number of pyridine rings is 1. The van der Waals surface area contributed by atoms with E-state index < -0.39 is 17.4 Å². The van der Waals surface area contributed by atoms with E-state index >= 15 is 0 Å². The highest BCUT2D eigenvalue weighted by molar-refractivity contribution is 5.71. The van der Waals surface area contributed by atoms with Crippen LogP contribution < -0.4 is 15.0 Å². The average molecular weight is 467 g/mol. The molecule has 178 valence electrons. The second kappa shape index (κ2) is 9.38. The number of nitrogens with zero attached hydrogens (tertiary/aromatic N) is 1. The van der Waals surface area contributed by atoms with Crippen LogP contribution in [0.2, 0.25) is 0 Å². The van der Waals surface area contributed by atoms with Gasteiger partial charge in [0.2, 0.25) is 6.79 Å². The number of benzene rings is 2. The molecule has 0 aliphatic carbocycles. The van der Waals surface area contributed by atoms with Gasteiger partial charge in [-0.2, -0.15) is 0 Å². The van der Waals surface area contributed by atoms with Crippen molar-refractivity contribution in [2.24, 2.45) is 0 Å². The highest BCUT2D eigenvalue weighted by atomic mass is 16.7. The first-order chi connectivity index (χ1) is 16.3. The van der Waals surface area contributed by atoms with Crippen molar-refractivity contribution in [2.45, 2.75) is 32.2 Å². The van der Waals surface area contributed by atoms with Gasteiger partial charge in [0.15, 0.2) is 23.0 Å². The van der Waals surface area contributed by atoms with E-state index in [1.54, 1.807) is 31.2 Å². The summed E-state index contributed by atoms with van der Waals surface area (Å²) in [4.78, 5) is 25.8. The lowest BCUT2D eigenvalue weighted by molar-refractivity contribution is -0.140. The van der Waals surface area contributed by atoms with Crippen LogP contribution in [0.5, 0.6) is 28.7 Å². The minimum Gasteiger partial charge on any atom is -0.507 e. The third-order valence-electron chi connectivity index (χ3n) is 5.93. The van der Waals surface area contributed by atoms with Crippen molar-refractivity contribution in [3.05, 3.63) is 75.2 Å². The summed E-state index contributed by atoms with van der Waals surface area (Å²) in [7, 11) is 1.26. The van der Waals surface area contributed by atoms with Gasteiger partial charge in [-0.1, -0.05) is 12.1 Å². The van der Waals surface area contributed by atoms with Gasteiger partial charge in [-0.25, -0.2) is 0 Å². The monoisotopic (exact) mass is 467 g/mol. The number of carbonyl (C=O) groups is 1. The molecular weight excluding hydrogens is 442 g/mol. The summed E-state index contributed by atoms with van der Waals surface area (Å²) in [6.45, 7) is 2.04. The SMILES string of the molecule is COC(=O)C[C@H](c1ccc2c(c1)OCO2)c1c(O)cc(C)n(CCc2ccc(O)c(O)c2)c1=O. The Labute approximate surface area is 195 Å². The quantitative estimate of drug-likeness (QED) is 0.358. The zero-order chi connectivity index (χ0) is 24.4. The minimum absolute atomic E-state index is 0.0726. The van der Waals surface area contributed by atoms with Crippen molar-refractivity contribution >= 4 is 5.97 Å². The molecule has 0 saturated heterocycles. The molecule has 1 aliphatic rings. The Morgan fingerprint density at radius 2 is 1.79 bits per heavy atom. The number of fused-ring (bicyclic) bond motifs is 1. The molecule has 0 spiro atoms. The van der Waals surface area contributed by atoms with Gasteiger partial charge in [0.25, 0.3) is 5.56 Å². The number of hydrogen-bond donors (Lipinski definition) is 3. The summed E-state index contributed by atoms with van der Waals surface area (Å²) < 4.78 is 17.2. The molecule has 9 nitrogen and oxygen atoms in total. The van der Waals surface area contributed by atoms with Crippen LogP contribution in [0, 0.1) is 6.92 Å². The van der Waals surface area contributed by atoms with Crippen LogP contribution in [0.25, 0.3) is 0 Å². The maximum atomic E-state index is 13.6. The van der Waals surface area contributed by atoms with E-state index in [0.717, 1.165) is 5.56 Å². The summed E-state index contributed by atoms with van der Waals surface area (Å²) in [5.41, 5.74) is 1.49. The lowest BCUT2D eigenvalue weighted by Crippen LogP contribution is -2.29. The lowest BCUT2D eigenvalue weighted by atomic mass is 9.88. The molecule has 9 heteroatoms. The van der Waals surface area contributed by atoms with Gasteiger partial charge in [0, 0.05) is 18.2 Å². The van der Waals surface area contributed by atoms with Gasteiger partial charge in [-0.05, 0) is 54.8 Å². The normalized spacial score (nSPS) is 13.0. The summed E-state index contributed by atoms with van der Waals surface area (Å²) in [5.74, 6) is -0.943. The number of phenolic OH excluding ortho intramolecular Hbond substituents is 2. The summed E-state index contributed by atoms with van der Waals surface area (Å²) in [6, 6.07) is 11.1. The van der Waals surface area contributed by atoms with E-state index in [4.69, 9.17) is 14.2 Å². The van der Waals surface area contributed by atoms with E-state index in [0.29, 0.717) is 29.2 Å². The highest BCUT2D eigenvalue weighted by Gasteiger charge is 2.28. The molecule has 3 aromatic rings. The Balaban J connectivity index is 1.74. The zero-order valence-electron chi connectivity index (χ0n) is 18.8. The Morgan fingerprint density at radius 3 is 2.53 bits per heavy atom. The largest absolute Gasteiger partial charge is 0.507 e. The Morgan fingerprint density at radius 1 is 1.03 bits per heavy atom. The number of rotatable bonds is 7. The number of aromatic nitrogens is 1. The smallest absolute Gasteiger partial charge is 0.306 e. The maximum Gasteiger partial charge on any atom is 0.306 e. The topological polar surface area (TPSA) is 127 Å². The van der Waals surface area contributed by atoms with Crippen molar-refractivity contribution in [1.82, 2.24) is 4.57 Å². The first-order valence-electron chi connectivity index (χ1n) is 10.7. The number of carbonyl (C=O) groups excluding carboxylic acids is 1. The van der Waals surface area contributed by atoms with Crippen LogP contribution >= 0.6 is 0 Å². The molecule has 0 saturated carbocycles. The van der Waals surface area contributed by atoms with Crippen molar-refractivity contribution in [2.75, 3.05) is 13.9 Å². The number of hydrogen-bond acceptors (Lipinski definition) is 8. The van der Waals surface area contributed by atoms with Crippen molar-refractivity contribution in [1.29, 1.82) is 0 Å². The van der Waals surface area contributed by atoms with Gasteiger partial charge >= 0.3 is 5.97 Å². The molecule has 0 unspecified atom stereocenters. The molecule has 1 atom stereocenters. The van der Waals surface area contributed by atoms with Crippen LogP contribution in [0.1, 0.15) is 34.7 Å². The fraction of sp³-hybridized carbons (Fsp3) is 0.280. The predicted octanol–water partition coefficient (Wildman–Crippen LogP) is 2.94. The highest BCUT2D eigenvalue weighted by Crippen LogP contribution is 2.39. The second-order valence-corrected chi connectivity index (χ2v) is 8.06. The predicted molar refractivity (Wildman–Crippen MR) is 122 cm³/mol. The van der Waals surface area contributed by atoms with E-state index in [-0.39, 0.29) is 42.6 Å². The second-order valence-electron chi connectivity index (χ2n) is 8.06. The fourth-order valence-electron chi connectivity index (χ4n) is 4.11.